The number of piperidine rings is 1. The van der Waals surface area contributed by atoms with Gasteiger partial charge in [0.05, 0.1) is 12.3 Å². The first-order valence-electron chi connectivity index (χ1n) is 10.3. The van der Waals surface area contributed by atoms with E-state index in [1.165, 1.54) is 0 Å². The zero-order valence-corrected chi connectivity index (χ0v) is 16.3. The van der Waals surface area contributed by atoms with Crippen molar-refractivity contribution < 1.29 is 18.8 Å². The van der Waals surface area contributed by atoms with E-state index in [4.69, 9.17) is 22.0 Å². The Morgan fingerprint density at radius 3 is 2.86 bits per heavy atom. The van der Waals surface area contributed by atoms with Gasteiger partial charge < -0.3 is 18.8 Å². The molecule has 1 atom stereocenters. The molecular weight excluding hydrogens is 355 g/mol. The van der Waals surface area contributed by atoms with Gasteiger partial charge in [-0.3, -0.25) is 4.79 Å². The molecule has 6 nitrogen and oxygen atoms in total. The molecule has 2 aliphatic heterocycles. The number of aldehydes is 1. The Morgan fingerprint density at radius 1 is 1.25 bits per heavy atom. The van der Waals surface area contributed by atoms with Crippen LogP contribution in [0.25, 0.3) is 11.0 Å². The first-order valence-corrected chi connectivity index (χ1v) is 10.3. The largest absolute Gasteiger partial charge is 0.356 e. The Balaban J connectivity index is 1.46. The maximum Gasteiger partial charge on any atom is 0.182 e. The van der Waals surface area contributed by atoms with Crippen LogP contribution in [0.1, 0.15) is 60.1 Å². The fourth-order valence-corrected chi connectivity index (χ4v) is 4.17. The van der Waals surface area contributed by atoms with Crippen LogP contribution in [0.3, 0.4) is 0 Å². The lowest BCUT2D eigenvalue weighted by molar-refractivity contribution is -0.168. The molecule has 4 rings (SSSR count). The number of aromatic nitrogens is 1. The van der Waals surface area contributed by atoms with E-state index in [9.17, 15) is 4.79 Å². The average molecular weight is 382 g/mol. The van der Waals surface area contributed by atoms with Crippen LogP contribution >= 0.6 is 0 Å². The Kier molecular flexibility index (Phi) is 6.45. The fourth-order valence-electron chi connectivity index (χ4n) is 4.17. The van der Waals surface area contributed by atoms with Crippen LogP contribution in [-0.2, 0) is 22.5 Å². The van der Waals surface area contributed by atoms with E-state index >= 15 is 0 Å². The fraction of sp³-hybridized carbons (Fsp3) is 0.619. The number of carbonyl (C=O) groups excluding carboxylic acids is 1. The summed E-state index contributed by atoms with van der Waals surface area (Å²) in [5.41, 5.74) is 2.96. The second-order valence-electron chi connectivity index (χ2n) is 7.88. The van der Waals surface area contributed by atoms with Crippen LogP contribution in [-0.4, -0.2) is 50.2 Å². The highest BCUT2D eigenvalue weighted by Crippen LogP contribution is 2.29. The molecule has 0 saturated carbocycles. The highest BCUT2D eigenvalue weighted by Gasteiger charge is 2.21. The van der Waals surface area contributed by atoms with Gasteiger partial charge in [0.15, 0.2) is 26.1 Å². The van der Waals surface area contributed by atoms with Crippen molar-refractivity contribution in [2.24, 2.45) is 5.92 Å². The number of aryl methyl sites for hydroxylation is 1. The van der Waals surface area contributed by atoms with Crippen molar-refractivity contribution in [1.82, 2.24) is 9.97 Å². The summed E-state index contributed by atoms with van der Waals surface area (Å²) in [6, 6.07) is 3.78. The molecule has 2 radical (unpaired) electrons. The lowest BCUT2D eigenvalue weighted by atomic mass is 9.90. The maximum absolute atomic E-state index is 11.5. The number of ether oxygens (including phenoxy) is 2. The van der Waals surface area contributed by atoms with Crippen molar-refractivity contribution >= 4 is 25.2 Å². The first-order chi connectivity index (χ1) is 13.7. The van der Waals surface area contributed by atoms with E-state index in [1.54, 1.807) is 0 Å². The van der Waals surface area contributed by atoms with Gasteiger partial charge >= 0.3 is 0 Å². The predicted octanol–water partition coefficient (Wildman–Crippen LogP) is 3.41. The summed E-state index contributed by atoms with van der Waals surface area (Å²) in [5, 5.41) is 5.29. The minimum absolute atomic E-state index is 0.209. The Labute approximate surface area is 166 Å². The van der Waals surface area contributed by atoms with E-state index in [1.807, 2.05) is 16.9 Å². The van der Waals surface area contributed by atoms with Crippen LogP contribution in [0.15, 0.2) is 16.7 Å². The van der Waals surface area contributed by atoms with Crippen LogP contribution in [0, 0.1) is 5.92 Å². The van der Waals surface area contributed by atoms with Crippen LogP contribution in [0.2, 0.25) is 0 Å². The first kappa shape index (κ1) is 19.6. The third-order valence-corrected chi connectivity index (χ3v) is 5.97. The Bertz CT molecular complexity index is 795. The quantitative estimate of drug-likeness (QED) is 0.540. The lowest BCUT2D eigenvalue weighted by Gasteiger charge is -2.29. The molecule has 1 unspecified atom stereocenters. The molecule has 0 amide bonds. The van der Waals surface area contributed by atoms with Crippen molar-refractivity contribution in [3.63, 3.8) is 0 Å². The second kappa shape index (κ2) is 9.20. The number of hydrogen-bond acceptors (Lipinski definition) is 6. The van der Waals surface area contributed by atoms with Gasteiger partial charge in [-0.05, 0) is 70.0 Å². The summed E-state index contributed by atoms with van der Waals surface area (Å²) < 4.78 is 17.2. The number of carbonyl (C=O) groups is 1. The molecule has 28 heavy (non-hydrogen) atoms. The number of nitrogens with zero attached hydrogens (tertiary/aromatic N) is 2. The number of benzene rings is 1. The van der Waals surface area contributed by atoms with E-state index in [-0.39, 0.29) is 6.29 Å². The standard InChI is InChI=1S/C21H27BN2O4/c22-24-10-8-15(9-11-24)4-7-19-17-6-5-16(13-25)18(21(17)28-23-19)14-27-20-3-1-2-12-26-20/h5-6,13,15,20H,1-4,7-12,14H2. The third kappa shape index (κ3) is 4.48. The van der Waals surface area contributed by atoms with E-state index in [0.29, 0.717) is 23.7 Å². The maximum atomic E-state index is 11.5. The Morgan fingerprint density at radius 2 is 2.11 bits per heavy atom. The molecule has 2 aromatic rings. The third-order valence-electron chi connectivity index (χ3n) is 5.97. The Hall–Kier alpha value is -1.70. The molecule has 0 spiro atoms. The average Bonchev–Trinajstić information content (AvgIpc) is 3.15. The van der Waals surface area contributed by atoms with E-state index in [0.717, 1.165) is 87.6 Å². The zero-order valence-electron chi connectivity index (χ0n) is 16.3. The second-order valence-corrected chi connectivity index (χ2v) is 7.88. The highest BCUT2D eigenvalue weighted by molar-refractivity contribution is 6.04. The normalized spacial score (nSPS) is 21.9. The molecule has 0 bridgehead atoms. The van der Waals surface area contributed by atoms with Gasteiger partial charge in [0.25, 0.3) is 0 Å². The van der Waals surface area contributed by atoms with Crippen molar-refractivity contribution in [1.29, 1.82) is 0 Å². The summed E-state index contributed by atoms with van der Waals surface area (Å²) in [6.45, 7) is 2.93. The number of hydrogen-bond donors (Lipinski definition) is 0. The van der Waals surface area contributed by atoms with Crippen LogP contribution < -0.4 is 0 Å². The summed E-state index contributed by atoms with van der Waals surface area (Å²) in [7, 11) is 5.85. The molecule has 3 heterocycles. The predicted molar refractivity (Wildman–Crippen MR) is 106 cm³/mol. The molecule has 2 saturated heterocycles. The molecular formula is C21H27BN2O4. The molecule has 0 N–H and O–H groups in total. The zero-order chi connectivity index (χ0) is 19.3. The smallest absolute Gasteiger partial charge is 0.182 e. The monoisotopic (exact) mass is 382 g/mol. The summed E-state index contributed by atoms with van der Waals surface area (Å²) in [5.74, 6) is 0.673. The van der Waals surface area contributed by atoms with Gasteiger partial charge in [-0.15, -0.1) is 0 Å². The number of fused-ring (bicyclic) bond motifs is 1. The molecule has 148 valence electrons. The summed E-state index contributed by atoms with van der Waals surface area (Å²) >= 11 is 0. The molecule has 2 aliphatic rings. The molecule has 1 aromatic heterocycles. The van der Waals surface area contributed by atoms with Crippen molar-refractivity contribution in [3.05, 3.63) is 29.0 Å². The number of rotatable bonds is 7. The van der Waals surface area contributed by atoms with Gasteiger partial charge in [-0.1, -0.05) is 11.2 Å². The molecule has 2 fully saturated rings. The van der Waals surface area contributed by atoms with Gasteiger partial charge in [0, 0.05) is 23.1 Å². The minimum Gasteiger partial charge on any atom is -0.356 e. The molecule has 7 heteroatoms. The van der Waals surface area contributed by atoms with Gasteiger partial charge in [0.2, 0.25) is 0 Å². The van der Waals surface area contributed by atoms with Crippen molar-refractivity contribution in [2.75, 3.05) is 19.7 Å². The van der Waals surface area contributed by atoms with E-state index < -0.39 is 0 Å². The summed E-state index contributed by atoms with van der Waals surface area (Å²) in [6.07, 6.45) is 7.90. The molecule has 0 aliphatic carbocycles. The van der Waals surface area contributed by atoms with Crippen LogP contribution in [0.5, 0.6) is 0 Å². The van der Waals surface area contributed by atoms with Crippen LogP contribution in [0.4, 0.5) is 0 Å². The topological polar surface area (TPSA) is 64.8 Å². The van der Waals surface area contributed by atoms with Crippen molar-refractivity contribution in [3.8, 4) is 0 Å². The van der Waals surface area contributed by atoms with Gasteiger partial charge in [-0.25, -0.2) is 0 Å². The SMILES string of the molecule is [B]N1CCC(CCc2noc3c(COC4CCCCO4)c(C=O)ccc23)CC1. The van der Waals surface area contributed by atoms with Gasteiger partial charge in [-0.2, -0.15) is 0 Å². The molecule has 1 aromatic carbocycles. The highest BCUT2D eigenvalue weighted by atomic mass is 16.7. The van der Waals surface area contributed by atoms with Gasteiger partial charge in [0.1, 0.15) is 0 Å². The van der Waals surface area contributed by atoms with Crippen molar-refractivity contribution in [2.45, 2.75) is 57.8 Å². The summed E-state index contributed by atoms with van der Waals surface area (Å²) in [4.78, 5) is 13.4. The lowest BCUT2D eigenvalue weighted by Crippen LogP contribution is -2.31. The van der Waals surface area contributed by atoms with E-state index in [2.05, 4.69) is 5.16 Å². The minimum atomic E-state index is -0.209.